The number of rotatable bonds is 4. The lowest BCUT2D eigenvalue weighted by molar-refractivity contribution is 0.483. The standard InChI is InChI=1S/C35H32N4O/c1-35(2,3)24-18-19-36-34(20-24)39-30-13-6-5-12-28(30)29-17-16-27(22-33(29)39)40-26-11-9-10-25(21-26)38-23-37(4)31-14-7-8-15-32(31)38/h5-22H,23H2,1-4H3/i1D3,2D3,3D3,4D3. The van der Waals surface area contributed by atoms with Crippen LogP contribution in [0.2, 0.25) is 0 Å². The minimum absolute atomic E-state index is 0.115. The van der Waals surface area contributed by atoms with Crippen LogP contribution in [0.1, 0.15) is 42.6 Å². The van der Waals surface area contributed by atoms with Crippen molar-refractivity contribution in [2.75, 3.05) is 23.4 Å². The second kappa shape index (κ2) is 9.16. The lowest BCUT2D eigenvalue weighted by Crippen LogP contribution is -2.23. The second-order valence-electron chi connectivity index (χ2n) is 9.77. The van der Waals surface area contributed by atoms with E-state index in [0.717, 1.165) is 22.5 Å². The highest BCUT2D eigenvalue weighted by Gasteiger charge is 2.24. The van der Waals surface area contributed by atoms with Crippen molar-refractivity contribution in [3.05, 3.63) is 115 Å². The van der Waals surface area contributed by atoms with Gasteiger partial charge in [-0.25, -0.2) is 4.98 Å². The molecule has 0 saturated carbocycles. The quantitative estimate of drug-likeness (QED) is 0.225. The van der Waals surface area contributed by atoms with Gasteiger partial charge in [-0.05, 0) is 65.6 Å². The van der Waals surface area contributed by atoms with Gasteiger partial charge in [-0.15, -0.1) is 0 Å². The fraction of sp³-hybridized carbons (Fsp3) is 0.171. The van der Waals surface area contributed by atoms with Crippen LogP contribution in [-0.2, 0) is 5.41 Å². The number of nitrogens with zero attached hydrogens (tertiary/aromatic N) is 4. The molecule has 198 valence electrons. The van der Waals surface area contributed by atoms with Gasteiger partial charge >= 0.3 is 0 Å². The first-order chi connectivity index (χ1) is 24.3. The van der Waals surface area contributed by atoms with Crippen LogP contribution < -0.4 is 14.5 Å². The van der Waals surface area contributed by atoms with Crippen molar-refractivity contribution in [3.63, 3.8) is 0 Å². The van der Waals surface area contributed by atoms with Crippen LogP contribution in [-0.4, -0.2) is 23.2 Å². The molecule has 0 spiro atoms. The van der Waals surface area contributed by atoms with E-state index in [1.54, 1.807) is 34.9 Å². The van der Waals surface area contributed by atoms with E-state index >= 15 is 0 Å². The van der Waals surface area contributed by atoms with Gasteiger partial charge in [0.05, 0.1) is 29.1 Å². The predicted octanol–water partition coefficient (Wildman–Crippen LogP) is 8.81. The maximum Gasteiger partial charge on any atom is 0.137 e. The normalized spacial score (nSPS) is 19.0. The Kier molecular flexibility index (Phi) is 3.34. The van der Waals surface area contributed by atoms with Crippen molar-refractivity contribution in [3.8, 4) is 17.3 Å². The zero-order chi connectivity index (χ0) is 37.4. The van der Waals surface area contributed by atoms with Crippen LogP contribution in [0.4, 0.5) is 17.1 Å². The number of anilines is 3. The molecule has 5 heteroatoms. The molecular weight excluding hydrogens is 492 g/mol. The lowest BCUT2D eigenvalue weighted by atomic mass is 9.88. The molecule has 0 fully saturated rings. The van der Waals surface area contributed by atoms with E-state index in [2.05, 4.69) is 4.98 Å². The van der Waals surface area contributed by atoms with Crippen LogP contribution in [0.25, 0.3) is 27.6 Å². The third-order valence-electron chi connectivity index (χ3n) is 7.16. The molecule has 0 aliphatic carbocycles. The Labute approximate surface area is 251 Å². The third kappa shape index (κ3) is 4.06. The average Bonchev–Trinajstić information content (AvgIpc) is 3.60. The summed E-state index contributed by atoms with van der Waals surface area (Å²) in [6.45, 7) is -12.5. The molecule has 7 rings (SSSR count). The summed E-state index contributed by atoms with van der Waals surface area (Å²) in [6.07, 6.45) is 1.22. The highest BCUT2D eigenvalue weighted by molar-refractivity contribution is 6.09. The monoisotopic (exact) mass is 536 g/mol. The molecule has 0 amide bonds. The second-order valence-corrected chi connectivity index (χ2v) is 9.77. The van der Waals surface area contributed by atoms with Crippen molar-refractivity contribution < 1.29 is 21.2 Å². The van der Waals surface area contributed by atoms with Crippen LogP contribution in [0.15, 0.2) is 109 Å². The Bertz CT molecular complexity index is 2270. The van der Waals surface area contributed by atoms with Gasteiger partial charge in [-0.1, -0.05) is 57.0 Å². The van der Waals surface area contributed by atoms with Gasteiger partial charge < -0.3 is 14.5 Å². The number of para-hydroxylation sites is 3. The number of ether oxygens (including phenoxy) is 1. The zero-order valence-electron chi connectivity index (χ0n) is 33.3. The van der Waals surface area contributed by atoms with Crippen molar-refractivity contribution in [2.24, 2.45) is 0 Å². The molecule has 4 aromatic carbocycles. The number of fused-ring (bicyclic) bond motifs is 4. The Morgan fingerprint density at radius 1 is 0.750 bits per heavy atom. The van der Waals surface area contributed by atoms with Crippen LogP contribution in [0.3, 0.4) is 0 Å². The van der Waals surface area contributed by atoms with Crippen LogP contribution in [0, 0.1) is 0 Å². The van der Waals surface area contributed by atoms with E-state index in [1.807, 2.05) is 65.6 Å². The Morgan fingerprint density at radius 2 is 1.55 bits per heavy atom. The first-order valence-electron chi connectivity index (χ1n) is 18.8. The predicted molar refractivity (Wildman–Crippen MR) is 166 cm³/mol. The first kappa shape index (κ1) is 14.6. The van der Waals surface area contributed by atoms with Gasteiger partial charge in [-0.2, -0.15) is 0 Å². The highest BCUT2D eigenvalue weighted by atomic mass is 16.5. The van der Waals surface area contributed by atoms with Crippen LogP contribution in [0.5, 0.6) is 11.5 Å². The molecular formula is C35H32N4O. The minimum atomic E-state index is -3.43. The van der Waals surface area contributed by atoms with E-state index in [0.29, 0.717) is 33.9 Å². The summed E-state index contributed by atoms with van der Waals surface area (Å²) in [4.78, 5) is 7.73. The summed E-state index contributed by atoms with van der Waals surface area (Å²) in [7, 11) is 0. The molecule has 0 bridgehead atoms. The summed E-state index contributed by atoms with van der Waals surface area (Å²) in [5.74, 6) is 1.02. The molecule has 40 heavy (non-hydrogen) atoms. The van der Waals surface area contributed by atoms with E-state index < -0.39 is 38.5 Å². The molecule has 0 unspecified atom stereocenters. The third-order valence-corrected chi connectivity index (χ3v) is 7.16. The lowest BCUT2D eigenvalue weighted by Gasteiger charge is -2.20. The maximum absolute atomic E-state index is 8.21. The Balaban J connectivity index is 1.32. The molecule has 0 radical (unpaired) electrons. The van der Waals surface area contributed by atoms with Gasteiger partial charge in [-0.3, -0.25) is 4.57 Å². The van der Waals surface area contributed by atoms with Crippen LogP contribution >= 0.6 is 0 Å². The molecule has 0 N–H and O–H groups in total. The molecule has 2 aromatic heterocycles. The smallest absolute Gasteiger partial charge is 0.137 e. The molecule has 5 nitrogen and oxygen atoms in total. The van der Waals surface area contributed by atoms with Gasteiger partial charge in [0, 0.05) is 58.2 Å². The van der Waals surface area contributed by atoms with Gasteiger partial charge in [0.2, 0.25) is 0 Å². The summed E-state index contributed by atoms with van der Waals surface area (Å²) >= 11 is 0. The van der Waals surface area contributed by atoms with E-state index in [9.17, 15) is 0 Å². The number of hydrogen-bond acceptors (Lipinski definition) is 4. The summed E-state index contributed by atoms with van der Waals surface area (Å²) < 4.78 is 106. The van der Waals surface area contributed by atoms with Crippen molar-refractivity contribution in [1.82, 2.24) is 9.55 Å². The Morgan fingerprint density at radius 3 is 2.42 bits per heavy atom. The van der Waals surface area contributed by atoms with Crippen molar-refractivity contribution in [1.29, 1.82) is 0 Å². The zero-order valence-corrected chi connectivity index (χ0v) is 21.3. The number of aromatic nitrogens is 2. The molecule has 3 heterocycles. The van der Waals surface area contributed by atoms with Gasteiger partial charge in [0.25, 0.3) is 0 Å². The molecule has 0 saturated heterocycles. The molecule has 0 atom stereocenters. The van der Waals surface area contributed by atoms with E-state index in [4.69, 9.17) is 21.2 Å². The fourth-order valence-corrected chi connectivity index (χ4v) is 5.32. The summed E-state index contributed by atoms with van der Waals surface area (Å²) in [6, 6.07) is 29.7. The largest absolute Gasteiger partial charge is 0.457 e. The first-order valence-corrected chi connectivity index (χ1v) is 12.8. The van der Waals surface area contributed by atoms with Gasteiger partial charge in [0.1, 0.15) is 17.3 Å². The number of hydrogen-bond donors (Lipinski definition) is 0. The highest BCUT2D eigenvalue weighted by Crippen LogP contribution is 2.41. The summed E-state index contributed by atoms with van der Waals surface area (Å²) in [5, 5.41) is 1.61. The molecule has 6 aromatic rings. The number of benzene rings is 4. The maximum atomic E-state index is 8.21. The SMILES string of the molecule is [2H]C([2H])([2H])N1CN(c2cccc(Oc3ccc4c5ccccc5n(-c5cc(C(C([2H])([2H])[2H])(C([2H])([2H])[2H])C([2H])([2H])[2H])ccn5)c4c3)c2)c2ccccc21. The minimum Gasteiger partial charge on any atom is -0.457 e. The van der Waals surface area contributed by atoms with E-state index in [-0.39, 0.29) is 12.5 Å². The van der Waals surface area contributed by atoms with Gasteiger partial charge in [0.15, 0.2) is 0 Å². The van der Waals surface area contributed by atoms with Crippen molar-refractivity contribution in [2.45, 2.75) is 26.0 Å². The van der Waals surface area contributed by atoms with Crippen molar-refractivity contribution >= 4 is 38.9 Å². The molecule has 1 aliphatic heterocycles. The number of pyridine rings is 1. The summed E-state index contributed by atoms with van der Waals surface area (Å²) in [5.41, 5.74) is -0.297. The molecule has 1 aliphatic rings. The fourth-order valence-electron chi connectivity index (χ4n) is 5.32. The van der Waals surface area contributed by atoms with E-state index in [1.165, 1.54) is 17.2 Å². The Hall–Kier alpha value is -4.77. The topological polar surface area (TPSA) is 33.5 Å². The average molecular weight is 537 g/mol.